The minimum atomic E-state index is -0.357. The maximum Gasteiger partial charge on any atom is 0.236 e. The number of nitrogens with zero attached hydrogens (tertiary/aromatic N) is 1. The number of rotatable bonds is 6. The Morgan fingerprint density at radius 1 is 1.43 bits per heavy atom. The summed E-state index contributed by atoms with van der Waals surface area (Å²) in [5, 5.41) is 12.4. The van der Waals surface area contributed by atoms with Crippen LogP contribution >= 0.6 is 0 Å². The Morgan fingerprint density at radius 2 is 2.00 bits per heavy atom. The summed E-state index contributed by atoms with van der Waals surface area (Å²) in [6, 6.07) is 0. The van der Waals surface area contributed by atoms with Gasteiger partial charge in [0.05, 0.1) is 12.6 Å². The molecule has 0 saturated heterocycles. The molecule has 0 spiro atoms. The average Bonchev–Trinajstić information content (AvgIpc) is 2.02. The summed E-state index contributed by atoms with van der Waals surface area (Å²) in [4.78, 5) is 12.7. The Bertz CT molecular complexity index is 170. The molecule has 0 aromatic heterocycles. The van der Waals surface area contributed by atoms with Gasteiger partial charge in [0, 0.05) is 20.6 Å². The molecule has 0 saturated carbocycles. The van der Waals surface area contributed by atoms with E-state index in [1.165, 1.54) is 4.90 Å². The van der Waals surface area contributed by atoms with Crippen molar-refractivity contribution in [3.05, 3.63) is 0 Å². The quantitative estimate of drug-likeness (QED) is 0.641. The van der Waals surface area contributed by atoms with Gasteiger partial charge in [0.25, 0.3) is 0 Å². The first-order valence-corrected chi connectivity index (χ1v) is 5.02. The number of aliphatic hydroxyl groups is 1. The highest BCUT2D eigenvalue weighted by atomic mass is 16.3. The first kappa shape index (κ1) is 13.4. The predicted octanol–water partition coefficient (Wildman–Crippen LogP) is 0.0712. The monoisotopic (exact) mass is 202 g/mol. The lowest BCUT2D eigenvalue weighted by Crippen LogP contribution is -2.37. The van der Waals surface area contributed by atoms with Crippen molar-refractivity contribution in [2.75, 3.05) is 27.2 Å². The first-order chi connectivity index (χ1) is 6.43. The lowest BCUT2D eigenvalue weighted by Gasteiger charge is -2.15. The molecule has 0 aliphatic carbocycles. The fourth-order valence-electron chi connectivity index (χ4n) is 1.13. The first-order valence-electron chi connectivity index (χ1n) is 5.02. The van der Waals surface area contributed by atoms with Crippen LogP contribution in [0.5, 0.6) is 0 Å². The van der Waals surface area contributed by atoms with Crippen LogP contribution in [-0.2, 0) is 4.79 Å². The van der Waals surface area contributed by atoms with E-state index >= 15 is 0 Å². The number of nitrogens with one attached hydrogen (secondary N) is 1. The molecule has 4 heteroatoms. The van der Waals surface area contributed by atoms with Crippen LogP contribution in [0.15, 0.2) is 0 Å². The van der Waals surface area contributed by atoms with E-state index in [9.17, 15) is 9.90 Å². The molecule has 0 aliphatic rings. The van der Waals surface area contributed by atoms with Crippen molar-refractivity contribution in [3.8, 4) is 0 Å². The summed E-state index contributed by atoms with van der Waals surface area (Å²) in [6.07, 6.45) is 0.411. The molecule has 0 bridgehead atoms. The average molecular weight is 202 g/mol. The van der Waals surface area contributed by atoms with Crippen LogP contribution < -0.4 is 5.32 Å². The standard InChI is InChI=1S/C10H22N2O2/c1-8(2)5-9(13)6-11-7-10(14)12(3)4/h8-9,11,13H,5-7H2,1-4H3. The van der Waals surface area contributed by atoms with E-state index in [1.54, 1.807) is 14.1 Å². The molecule has 14 heavy (non-hydrogen) atoms. The molecular formula is C10H22N2O2. The third kappa shape index (κ3) is 6.86. The van der Waals surface area contributed by atoms with Crippen LogP contribution in [0.1, 0.15) is 20.3 Å². The second-order valence-electron chi connectivity index (χ2n) is 4.20. The van der Waals surface area contributed by atoms with Crippen molar-refractivity contribution in [2.45, 2.75) is 26.4 Å². The van der Waals surface area contributed by atoms with E-state index in [2.05, 4.69) is 19.2 Å². The second-order valence-corrected chi connectivity index (χ2v) is 4.20. The second kappa shape index (κ2) is 6.79. The summed E-state index contributed by atoms with van der Waals surface area (Å²) in [6.45, 7) is 4.91. The third-order valence-electron chi connectivity index (χ3n) is 1.90. The fraction of sp³-hybridized carbons (Fsp3) is 0.900. The zero-order valence-corrected chi connectivity index (χ0v) is 9.58. The van der Waals surface area contributed by atoms with Gasteiger partial charge in [0.2, 0.25) is 5.91 Å². The van der Waals surface area contributed by atoms with Gasteiger partial charge in [-0.1, -0.05) is 13.8 Å². The number of carbonyl (C=O) groups is 1. The van der Waals surface area contributed by atoms with Gasteiger partial charge in [0.15, 0.2) is 0 Å². The van der Waals surface area contributed by atoms with E-state index in [1.807, 2.05) is 0 Å². The summed E-state index contributed by atoms with van der Waals surface area (Å²) < 4.78 is 0. The zero-order valence-electron chi connectivity index (χ0n) is 9.58. The number of aliphatic hydroxyl groups excluding tert-OH is 1. The summed E-state index contributed by atoms with van der Waals surface area (Å²) in [5.41, 5.74) is 0. The van der Waals surface area contributed by atoms with E-state index in [-0.39, 0.29) is 12.0 Å². The van der Waals surface area contributed by atoms with Crippen LogP contribution in [0.2, 0.25) is 0 Å². The van der Waals surface area contributed by atoms with Gasteiger partial charge in [-0.3, -0.25) is 4.79 Å². The van der Waals surface area contributed by atoms with Crippen LogP contribution in [0.25, 0.3) is 0 Å². The van der Waals surface area contributed by atoms with E-state index < -0.39 is 0 Å². The fourth-order valence-corrected chi connectivity index (χ4v) is 1.13. The Hall–Kier alpha value is -0.610. The molecule has 4 nitrogen and oxygen atoms in total. The molecule has 0 aliphatic heterocycles. The number of hydrogen-bond acceptors (Lipinski definition) is 3. The highest BCUT2D eigenvalue weighted by Gasteiger charge is 2.08. The highest BCUT2D eigenvalue weighted by Crippen LogP contribution is 2.02. The van der Waals surface area contributed by atoms with Crippen LogP contribution in [0.4, 0.5) is 0 Å². The van der Waals surface area contributed by atoms with Crippen LogP contribution in [0.3, 0.4) is 0 Å². The molecule has 1 atom stereocenters. The lowest BCUT2D eigenvalue weighted by atomic mass is 10.1. The van der Waals surface area contributed by atoms with E-state index in [0.717, 1.165) is 6.42 Å². The molecule has 84 valence electrons. The molecular weight excluding hydrogens is 180 g/mol. The maximum atomic E-state index is 11.1. The maximum absolute atomic E-state index is 11.1. The minimum Gasteiger partial charge on any atom is -0.392 e. The number of likely N-dealkylation sites (N-methyl/N-ethyl adjacent to an activating group) is 1. The summed E-state index contributed by atoms with van der Waals surface area (Å²) >= 11 is 0. The molecule has 0 aromatic carbocycles. The Morgan fingerprint density at radius 3 is 2.43 bits per heavy atom. The van der Waals surface area contributed by atoms with Crippen LogP contribution in [0, 0.1) is 5.92 Å². The molecule has 0 aromatic rings. The summed E-state index contributed by atoms with van der Waals surface area (Å²) in [5.74, 6) is 0.512. The predicted molar refractivity (Wildman–Crippen MR) is 57.0 cm³/mol. The number of hydrogen-bond donors (Lipinski definition) is 2. The van der Waals surface area contributed by atoms with Gasteiger partial charge in [-0.25, -0.2) is 0 Å². The zero-order chi connectivity index (χ0) is 11.1. The molecule has 0 fully saturated rings. The van der Waals surface area contributed by atoms with Crippen LogP contribution in [-0.4, -0.2) is 49.2 Å². The van der Waals surface area contributed by atoms with E-state index in [4.69, 9.17) is 0 Å². The minimum absolute atomic E-state index is 0.0294. The molecule has 2 N–H and O–H groups in total. The molecule has 1 unspecified atom stereocenters. The number of amides is 1. The number of carbonyl (C=O) groups excluding carboxylic acids is 1. The van der Waals surface area contributed by atoms with Gasteiger partial charge in [-0.05, 0) is 12.3 Å². The van der Waals surface area contributed by atoms with Gasteiger partial charge in [-0.2, -0.15) is 0 Å². The topological polar surface area (TPSA) is 52.6 Å². The Balaban J connectivity index is 3.49. The molecule has 0 rings (SSSR count). The van der Waals surface area contributed by atoms with E-state index in [0.29, 0.717) is 19.0 Å². The van der Waals surface area contributed by atoms with Gasteiger partial charge >= 0.3 is 0 Å². The van der Waals surface area contributed by atoms with Gasteiger partial charge in [-0.15, -0.1) is 0 Å². The molecule has 0 radical (unpaired) electrons. The Labute approximate surface area is 86.3 Å². The lowest BCUT2D eigenvalue weighted by molar-refractivity contribution is -0.127. The van der Waals surface area contributed by atoms with Gasteiger partial charge in [0.1, 0.15) is 0 Å². The van der Waals surface area contributed by atoms with Crippen molar-refractivity contribution < 1.29 is 9.90 Å². The normalized spacial score (nSPS) is 13.0. The van der Waals surface area contributed by atoms with Gasteiger partial charge < -0.3 is 15.3 Å². The van der Waals surface area contributed by atoms with Crippen molar-refractivity contribution in [3.63, 3.8) is 0 Å². The van der Waals surface area contributed by atoms with Crippen molar-refractivity contribution in [1.82, 2.24) is 10.2 Å². The van der Waals surface area contributed by atoms with Crippen molar-refractivity contribution >= 4 is 5.91 Å². The molecule has 0 heterocycles. The Kier molecular flexibility index (Phi) is 6.49. The summed E-state index contributed by atoms with van der Waals surface area (Å²) in [7, 11) is 3.43. The SMILES string of the molecule is CC(C)CC(O)CNCC(=O)N(C)C. The largest absolute Gasteiger partial charge is 0.392 e. The van der Waals surface area contributed by atoms with Crippen molar-refractivity contribution in [2.24, 2.45) is 5.92 Å². The van der Waals surface area contributed by atoms with Crippen molar-refractivity contribution in [1.29, 1.82) is 0 Å². The smallest absolute Gasteiger partial charge is 0.236 e. The molecule has 1 amide bonds. The third-order valence-corrected chi connectivity index (χ3v) is 1.90. The highest BCUT2D eigenvalue weighted by molar-refractivity contribution is 5.77.